The fourth-order valence-corrected chi connectivity index (χ4v) is 1.08. The number of anilines is 1. The molecule has 1 aromatic rings. The third-order valence-corrected chi connectivity index (χ3v) is 1.69. The van der Waals surface area contributed by atoms with Crippen molar-refractivity contribution in [2.45, 2.75) is 32.9 Å². The zero-order valence-corrected chi connectivity index (χ0v) is 9.78. The summed E-state index contributed by atoms with van der Waals surface area (Å²) in [5.41, 5.74) is 5.87. The largest absolute Gasteiger partial charge is 0.444 e. The first-order valence-electron chi connectivity index (χ1n) is 5.06. The molecule has 1 heterocycles. The molecule has 1 aromatic heterocycles. The van der Waals surface area contributed by atoms with Gasteiger partial charge in [-0.25, -0.2) is 9.78 Å². The summed E-state index contributed by atoms with van der Waals surface area (Å²) in [4.78, 5) is 15.4. The Morgan fingerprint density at radius 1 is 1.56 bits per heavy atom. The molecule has 3 N–H and O–H groups in total. The maximum absolute atomic E-state index is 11.4. The van der Waals surface area contributed by atoms with Gasteiger partial charge in [-0.3, -0.25) is 5.32 Å². The fraction of sp³-hybridized carbons (Fsp3) is 0.455. The topological polar surface area (TPSA) is 77.2 Å². The van der Waals surface area contributed by atoms with Gasteiger partial charge in [0.15, 0.2) is 0 Å². The van der Waals surface area contributed by atoms with E-state index in [1.54, 1.807) is 39.1 Å². The van der Waals surface area contributed by atoms with Crippen molar-refractivity contribution in [3.05, 3.63) is 23.9 Å². The number of pyridine rings is 1. The molecule has 5 nitrogen and oxygen atoms in total. The minimum absolute atomic E-state index is 0.408. The van der Waals surface area contributed by atoms with Crippen LogP contribution in [0.5, 0.6) is 0 Å². The first-order chi connectivity index (χ1) is 7.40. The summed E-state index contributed by atoms with van der Waals surface area (Å²) in [5.74, 6) is 0.442. The number of nitrogens with two attached hydrogens (primary N) is 1. The van der Waals surface area contributed by atoms with Gasteiger partial charge in [0.1, 0.15) is 11.4 Å². The number of amides is 1. The highest BCUT2D eigenvalue weighted by Gasteiger charge is 2.16. The molecule has 0 saturated carbocycles. The molecule has 0 bridgehead atoms. The number of hydrogen-bond acceptors (Lipinski definition) is 4. The fourth-order valence-electron chi connectivity index (χ4n) is 1.08. The molecule has 0 atom stereocenters. The molecular formula is C11H17N3O2. The molecule has 16 heavy (non-hydrogen) atoms. The van der Waals surface area contributed by atoms with Crippen LogP contribution in [0.4, 0.5) is 10.6 Å². The molecule has 0 radical (unpaired) electrons. The van der Waals surface area contributed by atoms with Crippen molar-refractivity contribution in [1.29, 1.82) is 0 Å². The summed E-state index contributed by atoms with van der Waals surface area (Å²) in [6.07, 6.45) is 1.07. The Balaban J connectivity index is 2.62. The van der Waals surface area contributed by atoms with Crippen molar-refractivity contribution in [3.8, 4) is 0 Å². The van der Waals surface area contributed by atoms with Crippen molar-refractivity contribution >= 4 is 11.9 Å². The lowest BCUT2D eigenvalue weighted by Gasteiger charge is -2.19. The second-order valence-corrected chi connectivity index (χ2v) is 4.38. The van der Waals surface area contributed by atoms with Gasteiger partial charge in [-0.05, 0) is 38.5 Å². The van der Waals surface area contributed by atoms with Crippen LogP contribution in [0.25, 0.3) is 0 Å². The van der Waals surface area contributed by atoms with Gasteiger partial charge >= 0.3 is 6.09 Å². The van der Waals surface area contributed by atoms with Crippen LogP contribution in [0.3, 0.4) is 0 Å². The van der Waals surface area contributed by atoms with E-state index in [4.69, 9.17) is 10.5 Å². The zero-order chi connectivity index (χ0) is 12.2. The Labute approximate surface area is 95.0 Å². The van der Waals surface area contributed by atoms with E-state index in [-0.39, 0.29) is 0 Å². The minimum Gasteiger partial charge on any atom is -0.444 e. The Bertz CT molecular complexity index is 372. The Hall–Kier alpha value is -1.62. The van der Waals surface area contributed by atoms with Crippen LogP contribution in [-0.4, -0.2) is 16.7 Å². The van der Waals surface area contributed by atoms with Crippen molar-refractivity contribution in [1.82, 2.24) is 4.98 Å². The summed E-state index contributed by atoms with van der Waals surface area (Å²) in [6.45, 7) is 5.81. The molecule has 88 valence electrons. The van der Waals surface area contributed by atoms with Crippen LogP contribution >= 0.6 is 0 Å². The minimum atomic E-state index is -0.519. The number of carbonyl (C=O) groups is 1. The van der Waals surface area contributed by atoms with Crippen molar-refractivity contribution in [3.63, 3.8) is 0 Å². The number of carbonyl (C=O) groups excluding carboxylic acids is 1. The molecule has 0 aromatic carbocycles. The lowest BCUT2D eigenvalue weighted by Crippen LogP contribution is -2.27. The third-order valence-electron chi connectivity index (χ3n) is 1.69. The average Bonchev–Trinajstić information content (AvgIpc) is 2.15. The standard InChI is InChI=1S/C11H17N3O2/c1-11(2,3)16-10(15)14-9-6-8(7-12)4-5-13-9/h4-6H,7,12H2,1-3H3,(H,13,14,15). The normalized spacial score (nSPS) is 11.0. The molecule has 5 heteroatoms. The van der Waals surface area contributed by atoms with Crippen LogP contribution in [0, 0.1) is 0 Å². The molecule has 0 aliphatic heterocycles. The van der Waals surface area contributed by atoms with Crippen molar-refractivity contribution in [2.75, 3.05) is 5.32 Å². The molecule has 0 aliphatic carbocycles. The SMILES string of the molecule is CC(C)(C)OC(=O)Nc1cc(CN)ccn1. The van der Waals surface area contributed by atoms with Crippen LogP contribution in [0.15, 0.2) is 18.3 Å². The lowest BCUT2D eigenvalue weighted by atomic mass is 10.2. The summed E-state index contributed by atoms with van der Waals surface area (Å²) in [6, 6.07) is 3.50. The van der Waals surface area contributed by atoms with Crippen LogP contribution in [0.1, 0.15) is 26.3 Å². The maximum Gasteiger partial charge on any atom is 0.413 e. The number of nitrogens with zero attached hydrogens (tertiary/aromatic N) is 1. The molecule has 0 saturated heterocycles. The van der Waals surface area contributed by atoms with Gasteiger partial charge in [-0.15, -0.1) is 0 Å². The average molecular weight is 223 g/mol. The second-order valence-electron chi connectivity index (χ2n) is 4.38. The van der Waals surface area contributed by atoms with Gasteiger partial charge in [0, 0.05) is 12.7 Å². The maximum atomic E-state index is 11.4. The number of rotatable bonds is 2. The summed E-state index contributed by atoms with van der Waals surface area (Å²) < 4.78 is 5.09. The van der Waals surface area contributed by atoms with Crippen LogP contribution < -0.4 is 11.1 Å². The molecule has 0 fully saturated rings. The van der Waals surface area contributed by atoms with Crippen molar-refractivity contribution in [2.24, 2.45) is 5.73 Å². The monoisotopic (exact) mass is 223 g/mol. The molecular weight excluding hydrogens is 206 g/mol. The van der Waals surface area contributed by atoms with E-state index in [9.17, 15) is 4.79 Å². The van der Waals surface area contributed by atoms with Crippen molar-refractivity contribution < 1.29 is 9.53 Å². The molecule has 1 rings (SSSR count). The van der Waals surface area contributed by atoms with Gasteiger partial charge in [-0.2, -0.15) is 0 Å². The van der Waals surface area contributed by atoms with E-state index in [1.165, 1.54) is 0 Å². The second kappa shape index (κ2) is 4.94. The van der Waals surface area contributed by atoms with Gasteiger partial charge in [0.25, 0.3) is 0 Å². The Morgan fingerprint density at radius 3 is 2.81 bits per heavy atom. The van der Waals surface area contributed by atoms with Gasteiger partial charge in [-0.1, -0.05) is 0 Å². The van der Waals surface area contributed by atoms with E-state index in [0.29, 0.717) is 12.4 Å². The first-order valence-corrected chi connectivity index (χ1v) is 5.06. The van der Waals surface area contributed by atoms with E-state index >= 15 is 0 Å². The molecule has 1 amide bonds. The van der Waals surface area contributed by atoms with Crippen LogP contribution in [-0.2, 0) is 11.3 Å². The van der Waals surface area contributed by atoms with E-state index < -0.39 is 11.7 Å². The smallest absolute Gasteiger partial charge is 0.413 e. The Morgan fingerprint density at radius 2 is 2.25 bits per heavy atom. The third kappa shape index (κ3) is 4.27. The van der Waals surface area contributed by atoms with Gasteiger partial charge < -0.3 is 10.5 Å². The molecule has 0 spiro atoms. The predicted octanol–water partition coefficient (Wildman–Crippen LogP) is 1.89. The summed E-state index contributed by atoms with van der Waals surface area (Å²) in [7, 11) is 0. The highest BCUT2D eigenvalue weighted by atomic mass is 16.6. The van der Waals surface area contributed by atoms with E-state index in [2.05, 4.69) is 10.3 Å². The first kappa shape index (κ1) is 12.4. The number of aromatic nitrogens is 1. The number of nitrogens with one attached hydrogen (secondary N) is 1. The zero-order valence-electron chi connectivity index (χ0n) is 9.78. The highest BCUT2D eigenvalue weighted by molar-refractivity contribution is 5.83. The molecule has 0 aliphatic rings. The van der Waals surface area contributed by atoms with Gasteiger partial charge in [0.05, 0.1) is 0 Å². The molecule has 0 unspecified atom stereocenters. The summed E-state index contributed by atoms with van der Waals surface area (Å²) >= 11 is 0. The quantitative estimate of drug-likeness (QED) is 0.802. The Kier molecular flexibility index (Phi) is 3.84. The summed E-state index contributed by atoms with van der Waals surface area (Å²) in [5, 5.41) is 2.55. The van der Waals surface area contributed by atoms with E-state index in [0.717, 1.165) is 5.56 Å². The van der Waals surface area contributed by atoms with E-state index in [1.807, 2.05) is 0 Å². The predicted molar refractivity (Wildman–Crippen MR) is 62.0 cm³/mol. The van der Waals surface area contributed by atoms with Gasteiger partial charge in [0.2, 0.25) is 0 Å². The number of ether oxygens (including phenoxy) is 1. The highest BCUT2D eigenvalue weighted by Crippen LogP contribution is 2.10. The number of hydrogen-bond donors (Lipinski definition) is 2. The lowest BCUT2D eigenvalue weighted by molar-refractivity contribution is 0.0635. The van der Waals surface area contributed by atoms with Crippen LogP contribution in [0.2, 0.25) is 0 Å².